The molecule has 1 aliphatic rings. The summed E-state index contributed by atoms with van der Waals surface area (Å²) in [5.41, 5.74) is 3.97. The average molecular weight is 384 g/mol. The standard InChI is InChI=1S/C24H20N2O3/c1-17-14-20-11-5-6-13-23(20)25(17)24(27)22(19-9-3-2-4-10-19)16-18-8-7-12-21(15-18)26(28)29/h2-13,15-17H,14H2,1H3/b22-16+/t17-/m0/s1. The molecule has 29 heavy (non-hydrogen) atoms. The van der Waals surface area contributed by atoms with E-state index >= 15 is 0 Å². The third kappa shape index (κ3) is 3.67. The summed E-state index contributed by atoms with van der Waals surface area (Å²) in [6.45, 7) is 2.04. The van der Waals surface area contributed by atoms with Gasteiger partial charge in [0, 0.05) is 29.4 Å². The second kappa shape index (κ2) is 7.72. The number of amides is 1. The van der Waals surface area contributed by atoms with Gasteiger partial charge in [-0.15, -0.1) is 0 Å². The average Bonchev–Trinajstić information content (AvgIpc) is 3.08. The molecule has 3 aromatic carbocycles. The Hall–Kier alpha value is -3.73. The number of benzene rings is 3. The molecule has 0 saturated heterocycles. The predicted octanol–water partition coefficient (Wildman–Crippen LogP) is 5.11. The number of nitro groups is 1. The highest BCUT2D eigenvalue weighted by atomic mass is 16.6. The normalized spacial score (nSPS) is 15.8. The first-order valence-electron chi connectivity index (χ1n) is 9.47. The van der Waals surface area contributed by atoms with E-state index in [4.69, 9.17) is 0 Å². The number of hydrogen-bond acceptors (Lipinski definition) is 3. The first-order chi connectivity index (χ1) is 14.0. The fourth-order valence-electron chi connectivity index (χ4n) is 3.79. The molecule has 1 atom stereocenters. The van der Waals surface area contributed by atoms with Crippen molar-refractivity contribution in [1.82, 2.24) is 0 Å². The predicted molar refractivity (Wildman–Crippen MR) is 115 cm³/mol. The van der Waals surface area contributed by atoms with Crippen molar-refractivity contribution in [3.63, 3.8) is 0 Å². The molecule has 0 fully saturated rings. The monoisotopic (exact) mass is 384 g/mol. The molecular weight excluding hydrogens is 364 g/mol. The van der Waals surface area contributed by atoms with Gasteiger partial charge in [-0.2, -0.15) is 0 Å². The summed E-state index contributed by atoms with van der Waals surface area (Å²) >= 11 is 0. The van der Waals surface area contributed by atoms with Gasteiger partial charge in [-0.05, 0) is 42.2 Å². The van der Waals surface area contributed by atoms with Crippen LogP contribution in [0.5, 0.6) is 0 Å². The molecule has 5 heteroatoms. The molecule has 0 aliphatic carbocycles. The van der Waals surface area contributed by atoms with Crippen molar-refractivity contribution in [2.24, 2.45) is 0 Å². The van der Waals surface area contributed by atoms with Gasteiger partial charge in [0.25, 0.3) is 11.6 Å². The van der Waals surface area contributed by atoms with Crippen LogP contribution in [0.4, 0.5) is 11.4 Å². The van der Waals surface area contributed by atoms with Crippen LogP contribution in [-0.4, -0.2) is 16.9 Å². The molecule has 0 radical (unpaired) electrons. The maximum atomic E-state index is 13.7. The highest BCUT2D eigenvalue weighted by Gasteiger charge is 2.32. The first-order valence-corrected chi connectivity index (χ1v) is 9.47. The number of fused-ring (bicyclic) bond motifs is 1. The number of hydrogen-bond donors (Lipinski definition) is 0. The number of nitro benzene ring substituents is 1. The molecule has 0 aromatic heterocycles. The number of rotatable bonds is 4. The summed E-state index contributed by atoms with van der Waals surface area (Å²) in [7, 11) is 0. The summed E-state index contributed by atoms with van der Waals surface area (Å²) in [5.74, 6) is -0.111. The van der Waals surface area contributed by atoms with Crippen molar-refractivity contribution in [2.75, 3.05) is 4.90 Å². The minimum Gasteiger partial charge on any atom is -0.305 e. The lowest BCUT2D eigenvalue weighted by Gasteiger charge is -2.24. The Bertz CT molecular complexity index is 1110. The molecule has 0 saturated carbocycles. The molecule has 4 rings (SSSR count). The Morgan fingerprint density at radius 1 is 1.03 bits per heavy atom. The van der Waals surface area contributed by atoms with Gasteiger partial charge in [-0.1, -0.05) is 60.7 Å². The molecular formula is C24H20N2O3. The maximum Gasteiger partial charge on any atom is 0.270 e. The van der Waals surface area contributed by atoms with Crippen LogP contribution in [0.15, 0.2) is 78.9 Å². The van der Waals surface area contributed by atoms with E-state index in [2.05, 4.69) is 0 Å². The molecule has 144 valence electrons. The van der Waals surface area contributed by atoms with Crippen LogP contribution in [-0.2, 0) is 11.2 Å². The zero-order chi connectivity index (χ0) is 20.4. The van der Waals surface area contributed by atoms with Crippen LogP contribution in [0, 0.1) is 10.1 Å². The highest BCUT2D eigenvalue weighted by Crippen LogP contribution is 2.35. The number of non-ortho nitro benzene ring substituents is 1. The Labute approximate surface area is 169 Å². The molecule has 3 aromatic rings. The van der Waals surface area contributed by atoms with E-state index in [1.165, 1.54) is 12.1 Å². The third-order valence-electron chi connectivity index (χ3n) is 5.13. The van der Waals surface area contributed by atoms with Gasteiger partial charge in [0.2, 0.25) is 0 Å². The molecule has 0 spiro atoms. The van der Waals surface area contributed by atoms with Crippen molar-refractivity contribution < 1.29 is 9.72 Å². The zero-order valence-electron chi connectivity index (χ0n) is 16.0. The van der Waals surface area contributed by atoms with E-state index in [1.807, 2.05) is 66.4 Å². The number of carbonyl (C=O) groups is 1. The zero-order valence-corrected chi connectivity index (χ0v) is 16.0. The Kier molecular flexibility index (Phi) is 4.96. The molecule has 1 amide bonds. The fourth-order valence-corrected chi connectivity index (χ4v) is 3.79. The summed E-state index contributed by atoms with van der Waals surface area (Å²) in [6.07, 6.45) is 2.54. The number of nitrogens with zero attached hydrogens (tertiary/aromatic N) is 2. The first kappa shape index (κ1) is 18.6. The van der Waals surface area contributed by atoms with Crippen LogP contribution < -0.4 is 4.90 Å². The summed E-state index contributed by atoms with van der Waals surface area (Å²) < 4.78 is 0. The van der Waals surface area contributed by atoms with Crippen molar-refractivity contribution in [3.8, 4) is 0 Å². The number of anilines is 1. The van der Waals surface area contributed by atoms with Crippen LogP contribution in [0.2, 0.25) is 0 Å². The van der Waals surface area contributed by atoms with E-state index in [0.29, 0.717) is 11.1 Å². The molecule has 0 unspecified atom stereocenters. The molecule has 1 aliphatic heterocycles. The third-order valence-corrected chi connectivity index (χ3v) is 5.13. The van der Waals surface area contributed by atoms with Crippen LogP contribution >= 0.6 is 0 Å². The van der Waals surface area contributed by atoms with E-state index in [-0.39, 0.29) is 17.6 Å². The van der Waals surface area contributed by atoms with Crippen molar-refractivity contribution in [1.29, 1.82) is 0 Å². The van der Waals surface area contributed by atoms with Crippen molar-refractivity contribution in [3.05, 3.63) is 106 Å². The second-order valence-electron chi connectivity index (χ2n) is 7.13. The lowest BCUT2D eigenvalue weighted by molar-refractivity contribution is -0.384. The van der Waals surface area contributed by atoms with Crippen LogP contribution in [0.25, 0.3) is 11.6 Å². The lowest BCUT2D eigenvalue weighted by Crippen LogP contribution is -2.36. The SMILES string of the molecule is C[C@H]1Cc2ccccc2N1C(=O)/C(=C/c1cccc([N+](=O)[O-])c1)c1ccccc1. The van der Waals surface area contributed by atoms with Crippen LogP contribution in [0.1, 0.15) is 23.6 Å². The highest BCUT2D eigenvalue weighted by molar-refractivity contribution is 6.30. The Morgan fingerprint density at radius 3 is 2.52 bits per heavy atom. The van der Waals surface area contributed by atoms with Gasteiger partial charge in [-0.3, -0.25) is 14.9 Å². The summed E-state index contributed by atoms with van der Waals surface area (Å²) in [4.78, 5) is 26.2. The van der Waals surface area contributed by atoms with Gasteiger partial charge in [0.15, 0.2) is 0 Å². The lowest BCUT2D eigenvalue weighted by atomic mass is 10.0. The second-order valence-corrected chi connectivity index (χ2v) is 7.13. The van der Waals surface area contributed by atoms with Gasteiger partial charge < -0.3 is 4.90 Å². The Morgan fingerprint density at radius 2 is 1.76 bits per heavy atom. The molecule has 0 N–H and O–H groups in total. The van der Waals surface area contributed by atoms with Crippen LogP contribution in [0.3, 0.4) is 0 Å². The van der Waals surface area contributed by atoms with Gasteiger partial charge >= 0.3 is 0 Å². The van der Waals surface area contributed by atoms with Crippen molar-refractivity contribution >= 4 is 28.9 Å². The molecule has 5 nitrogen and oxygen atoms in total. The smallest absolute Gasteiger partial charge is 0.270 e. The quantitative estimate of drug-likeness (QED) is 0.272. The number of para-hydroxylation sites is 1. The summed E-state index contributed by atoms with van der Waals surface area (Å²) in [6, 6.07) is 23.7. The van der Waals surface area contributed by atoms with Gasteiger partial charge in [0.05, 0.1) is 4.92 Å². The Balaban J connectivity index is 1.81. The van der Waals surface area contributed by atoms with Gasteiger partial charge in [-0.25, -0.2) is 0 Å². The minimum atomic E-state index is -0.430. The molecule has 0 bridgehead atoms. The molecule has 1 heterocycles. The maximum absolute atomic E-state index is 13.7. The topological polar surface area (TPSA) is 63.5 Å². The number of carbonyl (C=O) groups excluding carboxylic acids is 1. The van der Waals surface area contributed by atoms with E-state index in [1.54, 1.807) is 18.2 Å². The van der Waals surface area contributed by atoms with Crippen molar-refractivity contribution in [2.45, 2.75) is 19.4 Å². The van der Waals surface area contributed by atoms with E-state index < -0.39 is 4.92 Å². The fraction of sp³-hybridized carbons (Fsp3) is 0.125. The van der Waals surface area contributed by atoms with Gasteiger partial charge in [0.1, 0.15) is 0 Å². The minimum absolute atomic E-state index is 0.00139. The largest absolute Gasteiger partial charge is 0.305 e. The van der Waals surface area contributed by atoms with E-state index in [9.17, 15) is 14.9 Å². The summed E-state index contributed by atoms with van der Waals surface area (Å²) in [5, 5.41) is 11.1. The van der Waals surface area contributed by atoms with E-state index in [0.717, 1.165) is 23.2 Å².